The summed E-state index contributed by atoms with van der Waals surface area (Å²) >= 11 is 5.71. The predicted octanol–water partition coefficient (Wildman–Crippen LogP) is 4.20. The molecule has 0 unspecified atom stereocenters. The minimum absolute atomic E-state index is 0.0930. The Balaban J connectivity index is 2.12. The maximum absolute atomic E-state index is 13.7. The fourth-order valence-electron chi connectivity index (χ4n) is 1.76. The number of nitrogen functional groups attached to an aromatic ring is 1. The van der Waals surface area contributed by atoms with E-state index in [0.717, 1.165) is 12.0 Å². The minimum atomic E-state index is -0.451. The third kappa shape index (κ3) is 3.18. The molecule has 0 bridgehead atoms. The van der Waals surface area contributed by atoms with Crippen LogP contribution >= 0.6 is 11.6 Å². The Hall–Kier alpha value is -1.74. The van der Waals surface area contributed by atoms with Crippen LogP contribution in [0.2, 0.25) is 5.02 Å². The number of benzene rings is 2. The van der Waals surface area contributed by atoms with E-state index in [9.17, 15) is 4.39 Å². The van der Waals surface area contributed by atoms with Crippen molar-refractivity contribution in [1.29, 1.82) is 0 Å². The van der Waals surface area contributed by atoms with E-state index < -0.39 is 5.82 Å². The van der Waals surface area contributed by atoms with Crippen LogP contribution in [-0.2, 0) is 13.0 Å². The average Bonchev–Trinajstić information content (AvgIpc) is 2.41. The zero-order chi connectivity index (χ0) is 13.8. The van der Waals surface area contributed by atoms with E-state index in [2.05, 4.69) is 6.92 Å². The van der Waals surface area contributed by atoms with Gasteiger partial charge in [-0.3, -0.25) is 0 Å². The quantitative estimate of drug-likeness (QED) is 0.851. The standard InChI is InChI=1S/C15H15ClFNO/c1-2-10-6-7-14(13(18)8-10)19-9-11-4-3-5-12(16)15(11)17/h3-8H,2,9,18H2,1H3. The lowest BCUT2D eigenvalue weighted by Crippen LogP contribution is -2.01. The van der Waals surface area contributed by atoms with Crippen LogP contribution in [-0.4, -0.2) is 0 Å². The van der Waals surface area contributed by atoms with Crippen LogP contribution in [0.3, 0.4) is 0 Å². The Labute approximate surface area is 117 Å². The molecule has 0 heterocycles. The molecule has 0 fully saturated rings. The molecule has 2 rings (SSSR count). The molecule has 0 saturated carbocycles. The molecule has 0 aliphatic heterocycles. The Morgan fingerprint density at radius 3 is 2.74 bits per heavy atom. The molecule has 0 amide bonds. The lowest BCUT2D eigenvalue weighted by Gasteiger charge is -2.11. The number of rotatable bonds is 4. The Morgan fingerprint density at radius 1 is 1.26 bits per heavy atom. The topological polar surface area (TPSA) is 35.2 Å². The highest BCUT2D eigenvalue weighted by Gasteiger charge is 2.08. The van der Waals surface area contributed by atoms with Gasteiger partial charge >= 0.3 is 0 Å². The maximum Gasteiger partial charge on any atom is 0.148 e. The van der Waals surface area contributed by atoms with Crippen LogP contribution in [0.15, 0.2) is 36.4 Å². The second kappa shape index (κ2) is 5.93. The number of halogens is 2. The molecule has 19 heavy (non-hydrogen) atoms. The van der Waals surface area contributed by atoms with Crippen molar-refractivity contribution in [3.05, 3.63) is 58.4 Å². The van der Waals surface area contributed by atoms with Gasteiger partial charge in [0.2, 0.25) is 0 Å². The summed E-state index contributed by atoms with van der Waals surface area (Å²) in [6, 6.07) is 10.4. The SMILES string of the molecule is CCc1ccc(OCc2cccc(Cl)c2F)c(N)c1. The van der Waals surface area contributed by atoms with Gasteiger partial charge in [0, 0.05) is 5.56 Å². The summed E-state index contributed by atoms with van der Waals surface area (Å²) in [6.45, 7) is 2.15. The Kier molecular flexibility index (Phi) is 4.27. The molecule has 0 aliphatic carbocycles. The first kappa shape index (κ1) is 13.7. The first-order valence-electron chi connectivity index (χ1n) is 6.06. The van der Waals surface area contributed by atoms with Crippen molar-refractivity contribution in [1.82, 2.24) is 0 Å². The zero-order valence-corrected chi connectivity index (χ0v) is 11.4. The van der Waals surface area contributed by atoms with E-state index in [4.69, 9.17) is 22.1 Å². The van der Waals surface area contributed by atoms with E-state index in [1.54, 1.807) is 18.2 Å². The van der Waals surface area contributed by atoms with Crippen molar-refractivity contribution < 1.29 is 9.13 Å². The molecule has 100 valence electrons. The monoisotopic (exact) mass is 279 g/mol. The van der Waals surface area contributed by atoms with Crippen LogP contribution in [0.4, 0.5) is 10.1 Å². The number of hydrogen-bond acceptors (Lipinski definition) is 2. The molecular formula is C15H15ClFNO. The Morgan fingerprint density at radius 2 is 2.05 bits per heavy atom. The molecule has 0 atom stereocenters. The van der Waals surface area contributed by atoms with Crippen molar-refractivity contribution >= 4 is 17.3 Å². The molecule has 0 radical (unpaired) electrons. The van der Waals surface area contributed by atoms with Crippen molar-refractivity contribution in [2.75, 3.05) is 5.73 Å². The third-order valence-electron chi connectivity index (χ3n) is 2.90. The summed E-state index contributed by atoms with van der Waals surface area (Å²) in [5, 5.41) is 0.0930. The van der Waals surface area contributed by atoms with Crippen LogP contribution in [0.25, 0.3) is 0 Å². The lowest BCUT2D eigenvalue weighted by molar-refractivity contribution is 0.301. The van der Waals surface area contributed by atoms with Gasteiger partial charge in [-0.05, 0) is 30.2 Å². The number of ether oxygens (including phenoxy) is 1. The molecule has 4 heteroatoms. The van der Waals surface area contributed by atoms with Crippen LogP contribution in [0.5, 0.6) is 5.75 Å². The smallest absolute Gasteiger partial charge is 0.148 e. The summed E-state index contributed by atoms with van der Waals surface area (Å²) in [7, 11) is 0. The largest absolute Gasteiger partial charge is 0.487 e. The van der Waals surface area contributed by atoms with Crippen molar-refractivity contribution in [2.24, 2.45) is 0 Å². The molecule has 0 aliphatic rings. The molecule has 2 aromatic carbocycles. The molecule has 2 nitrogen and oxygen atoms in total. The van der Waals surface area contributed by atoms with Gasteiger partial charge in [-0.1, -0.05) is 36.7 Å². The van der Waals surface area contributed by atoms with Crippen molar-refractivity contribution in [3.63, 3.8) is 0 Å². The summed E-state index contributed by atoms with van der Waals surface area (Å²) in [4.78, 5) is 0. The van der Waals surface area contributed by atoms with Gasteiger partial charge in [0.25, 0.3) is 0 Å². The van der Waals surface area contributed by atoms with Gasteiger partial charge in [-0.2, -0.15) is 0 Å². The lowest BCUT2D eigenvalue weighted by atomic mass is 10.1. The van der Waals surface area contributed by atoms with Gasteiger partial charge in [0.15, 0.2) is 0 Å². The molecule has 2 N–H and O–H groups in total. The fraction of sp³-hybridized carbons (Fsp3) is 0.200. The van der Waals surface area contributed by atoms with E-state index in [-0.39, 0.29) is 11.6 Å². The first-order chi connectivity index (χ1) is 9.11. The first-order valence-corrected chi connectivity index (χ1v) is 6.43. The molecule has 0 spiro atoms. The van der Waals surface area contributed by atoms with Gasteiger partial charge in [0.05, 0.1) is 10.7 Å². The average molecular weight is 280 g/mol. The van der Waals surface area contributed by atoms with Crippen molar-refractivity contribution in [3.8, 4) is 5.75 Å². The Bertz CT molecular complexity index is 586. The van der Waals surface area contributed by atoms with E-state index in [1.807, 2.05) is 12.1 Å². The number of hydrogen-bond donors (Lipinski definition) is 1. The van der Waals surface area contributed by atoms with Crippen LogP contribution in [0, 0.1) is 5.82 Å². The van der Waals surface area contributed by atoms with Crippen molar-refractivity contribution in [2.45, 2.75) is 20.0 Å². The van der Waals surface area contributed by atoms with Gasteiger partial charge < -0.3 is 10.5 Å². The summed E-state index contributed by atoms with van der Waals surface area (Å²) in [5.41, 5.74) is 7.99. The van der Waals surface area contributed by atoms with Gasteiger partial charge in [-0.15, -0.1) is 0 Å². The molecule has 2 aromatic rings. The normalized spacial score (nSPS) is 10.5. The highest BCUT2D eigenvalue weighted by Crippen LogP contribution is 2.25. The van der Waals surface area contributed by atoms with Gasteiger partial charge in [0.1, 0.15) is 18.2 Å². The zero-order valence-electron chi connectivity index (χ0n) is 10.6. The molecule has 0 aromatic heterocycles. The third-order valence-corrected chi connectivity index (χ3v) is 3.19. The maximum atomic E-state index is 13.7. The molecule has 0 saturated heterocycles. The second-order valence-corrected chi connectivity index (χ2v) is 4.63. The van der Waals surface area contributed by atoms with E-state index in [0.29, 0.717) is 17.0 Å². The van der Waals surface area contributed by atoms with Crippen LogP contribution < -0.4 is 10.5 Å². The highest BCUT2D eigenvalue weighted by atomic mass is 35.5. The minimum Gasteiger partial charge on any atom is -0.487 e. The fourth-order valence-corrected chi connectivity index (χ4v) is 1.96. The number of aryl methyl sites for hydroxylation is 1. The summed E-state index contributed by atoms with van der Waals surface area (Å²) < 4.78 is 19.2. The number of anilines is 1. The van der Waals surface area contributed by atoms with E-state index >= 15 is 0 Å². The predicted molar refractivity (Wildman–Crippen MR) is 76.0 cm³/mol. The molecular weight excluding hydrogens is 265 g/mol. The number of nitrogens with two attached hydrogens (primary N) is 1. The highest BCUT2D eigenvalue weighted by molar-refractivity contribution is 6.30. The summed E-state index contributed by atoms with van der Waals surface area (Å²) in [5.74, 6) is 0.101. The van der Waals surface area contributed by atoms with Crippen LogP contribution in [0.1, 0.15) is 18.1 Å². The van der Waals surface area contributed by atoms with E-state index in [1.165, 1.54) is 6.07 Å². The van der Waals surface area contributed by atoms with Gasteiger partial charge in [-0.25, -0.2) is 4.39 Å². The summed E-state index contributed by atoms with van der Waals surface area (Å²) in [6.07, 6.45) is 0.910. The second-order valence-electron chi connectivity index (χ2n) is 4.23.